The van der Waals surface area contributed by atoms with E-state index in [0.717, 1.165) is 11.3 Å². The molecule has 0 aliphatic rings. The molecule has 0 radical (unpaired) electrons. The number of nitrogens with two attached hydrogens (primary N) is 1. The Morgan fingerprint density at radius 2 is 1.95 bits per heavy atom. The number of nitriles is 1. The molecule has 0 aromatic heterocycles. The van der Waals surface area contributed by atoms with E-state index in [1.54, 1.807) is 36.4 Å². The summed E-state index contributed by atoms with van der Waals surface area (Å²) >= 11 is 0. The molecule has 0 bridgehead atoms. The molecule has 0 fully saturated rings. The number of rotatable bonds is 4. The van der Waals surface area contributed by atoms with Gasteiger partial charge >= 0.3 is 0 Å². The highest BCUT2D eigenvalue weighted by Gasteiger charge is 2.07. The topological polar surface area (TPSA) is 78.9 Å². The van der Waals surface area contributed by atoms with Crippen molar-refractivity contribution in [2.75, 3.05) is 17.6 Å². The van der Waals surface area contributed by atoms with Crippen molar-refractivity contribution in [2.45, 2.75) is 6.92 Å². The van der Waals surface area contributed by atoms with Gasteiger partial charge in [0, 0.05) is 16.9 Å². The number of carbonyl (C=O) groups excluding carboxylic acids is 1. The van der Waals surface area contributed by atoms with Crippen molar-refractivity contribution in [1.29, 1.82) is 5.26 Å². The van der Waals surface area contributed by atoms with Gasteiger partial charge in [0.1, 0.15) is 0 Å². The Hall–Kier alpha value is -2.80. The molecule has 20 heavy (non-hydrogen) atoms. The first kappa shape index (κ1) is 13.6. The van der Waals surface area contributed by atoms with E-state index in [-0.39, 0.29) is 12.3 Å². The zero-order valence-corrected chi connectivity index (χ0v) is 11.2. The van der Waals surface area contributed by atoms with Gasteiger partial charge < -0.3 is 11.1 Å². The van der Waals surface area contributed by atoms with Crippen LogP contribution in [0.15, 0.2) is 42.5 Å². The van der Waals surface area contributed by atoms with Crippen LogP contribution in [0.1, 0.15) is 21.5 Å². The first-order valence-electron chi connectivity index (χ1n) is 6.23. The first-order valence-corrected chi connectivity index (χ1v) is 6.23. The Balaban J connectivity index is 2.01. The summed E-state index contributed by atoms with van der Waals surface area (Å²) in [5.41, 5.74) is 9.36. The van der Waals surface area contributed by atoms with E-state index in [9.17, 15) is 4.79 Å². The van der Waals surface area contributed by atoms with Gasteiger partial charge in [-0.25, -0.2) is 0 Å². The molecule has 2 aromatic rings. The third-order valence-electron chi connectivity index (χ3n) is 3.07. The second kappa shape index (κ2) is 5.89. The Labute approximate surface area is 117 Å². The predicted octanol–water partition coefficient (Wildman–Crippen LogP) is 2.74. The maximum Gasteiger partial charge on any atom is 0.181 e. The molecular formula is C16H15N3O. The minimum Gasteiger partial charge on any atom is -0.398 e. The number of hydrogen-bond acceptors (Lipinski definition) is 4. The van der Waals surface area contributed by atoms with Crippen molar-refractivity contribution in [3.8, 4) is 6.07 Å². The van der Waals surface area contributed by atoms with E-state index in [0.29, 0.717) is 16.8 Å². The summed E-state index contributed by atoms with van der Waals surface area (Å²) in [5, 5.41) is 11.7. The average Bonchev–Trinajstić information content (AvgIpc) is 2.48. The van der Waals surface area contributed by atoms with Crippen LogP contribution in [0.4, 0.5) is 11.4 Å². The fourth-order valence-corrected chi connectivity index (χ4v) is 1.76. The van der Waals surface area contributed by atoms with Crippen LogP contribution in [-0.2, 0) is 0 Å². The maximum absolute atomic E-state index is 12.0. The van der Waals surface area contributed by atoms with Crippen molar-refractivity contribution < 1.29 is 4.79 Å². The number of nitrogens with one attached hydrogen (secondary N) is 1. The number of Topliss-reactive ketones (excluding diaryl/α,β-unsaturated/α-hetero) is 1. The zero-order valence-electron chi connectivity index (χ0n) is 11.2. The molecule has 0 heterocycles. The summed E-state index contributed by atoms with van der Waals surface area (Å²) < 4.78 is 0. The second-order valence-electron chi connectivity index (χ2n) is 4.54. The van der Waals surface area contributed by atoms with Crippen molar-refractivity contribution in [2.24, 2.45) is 0 Å². The summed E-state index contributed by atoms with van der Waals surface area (Å²) in [6.45, 7) is 2.09. The number of ketones is 1. The number of nitrogens with zero attached hydrogens (tertiary/aromatic N) is 1. The van der Waals surface area contributed by atoms with Gasteiger partial charge in [0.2, 0.25) is 0 Å². The predicted molar refractivity (Wildman–Crippen MR) is 79.6 cm³/mol. The van der Waals surface area contributed by atoms with Gasteiger partial charge in [-0.05, 0) is 42.8 Å². The highest BCUT2D eigenvalue weighted by Crippen LogP contribution is 2.14. The summed E-state index contributed by atoms with van der Waals surface area (Å²) in [7, 11) is 0. The molecule has 3 N–H and O–H groups in total. The van der Waals surface area contributed by atoms with Gasteiger partial charge in [0.05, 0.1) is 18.2 Å². The molecule has 0 saturated heterocycles. The molecule has 0 aliphatic heterocycles. The van der Waals surface area contributed by atoms with Crippen LogP contribution in [0.5, 0.6) is 0 Å². The maximum atomic E-state index is 12.0. The lowest BCUT2D eigenvalue weighted by atomic mass is 10.1. The van der Waals surface area contributed by atoms with Gasteiger partial charge in [-0.1, -0.05) is 12.1 Å². The number of benzene rings is 2. The number of carbonyl (C=O) groups is 1. The van der Waals surface area contributed by atoms with E-state index in [2.05, 4.69) is 5.32 Å². The monoisotopic (exact) mass is 265 g/mol. The average molecular weight is 265 g/mol. The molecule has 0 saturated carbocycles. The van der Waals surface area contributed by atoms with E-state index < -0.39 is 0 Å². The Morgan fingerprint density at radius 3 is 2.55 bits per heavy atom. The van der Waals surface area contributed by atoms with E-state index >= 15 is 0 Å². The SMILES string of the molecule is Cc1ccc(C(=O)CNc2ccc(C#N)cc2)cc1N. The van der Waals surface area contributed by atoms with Crippen LogP contribution >= 0.6 is 0 Å². The number of nitrogen functional groups attached to an aromatic ring is 1. The van der Waals surface area contributed by atoms with Crippen LogP contribution in [0, 0.1) is 18.3 Å². The Morgan fingerprint density at radius 1 is 1.25 bits per heavy atom. The minimum absolute atomic E-state index is 0.0268. The highest BCUT2D eigenvalue weighted by atomic mass is 16.1. The minimum atomic E-state index is -0.0268. The van der Waals surface area contributed by atoms with Crippen LogP contribution in [0.3, 0.4) is 0 Å². The fraction of sp³-hybridized carbons (Fsp3) is 0.125. The number of hydrogen-bond donors (Lipinski definition) is 2. The molecule has 4 nitrogen and oxygen atoms in total. The lowest BCUT2D eigenvalue weighted by molar-refractivity contribution is 0.101. The Kier molecular flexibility index (Phi) is 4.02. The summed E-state index contributed by atoms with van der Waals surface area (Å²) in [5.74, 6) is -0.0268. The van der Waals surface area contributed by atoms with E-state index in [4.69, 9.17) is 11.0 Å². The van der Waals surface area contributed by atoms with Gasteiger partial charge in [0.25, 0.3) is 0 Å². The van der Waals surface area contributed by atoms with Gasteiger partial charge in [0.15, 0.2) is 5.78 Å². The summed E-state index contributed by atoms with van der Waals surface area (Å²) in [6.07, 6.45) is 0. The van der Waals surface area contributed by atoms with Gasteiger partial charge in [-0.3, -0.25) is 4.79 Å². The van der Waals surface area contributed by atoms with E-state index in [1.807, 2.05) is 19.1 Å². The largest absolute Gasteiger partial charge is 0.398 e. The van der Waals surface area contributed by atoms with Crippen molar-refractivity contribution in [3.63, 3.8) is 0 Å². The molecule has 0 aliphatic carbocycles. The molecule has 0 amide bonds. The molecule has 2 rings (SSSR count). The Bertz CT molecular complexity index is 669. The summed E-state index contributed by atoms with van der Waals surface area (Å²) in [4.78, 5) is 12.0. The first-order chi connectivity index (χ1) is 9.60. The molecule has 0 atom stereocenters. The van der Waals surface area contributed by atoms with Crippen molar-refractivity contribution in [1.82, 2.24) is 0 Å². The molecular weight excluding hydrogens is 250 g/mol. The normalized spacial score (nSPS) is 9.80. The smallest absolute Gasteiger partial charge is 0.181 e. The molecule has 0 spiro atoms. The number of anilines is 2. The number of aryl methyl sites for hydroxylation is 1. The quantitative estimate of drug-likeness (QED) is 0.658. The zero-order chi connectivity index (χ0) is 14.5. The second-order valence-corrected chi connectivity index (χ2v) is 4.54. The van der Waals surface area contributed by atoms with Crippen LogP contribution in [0.2, 0.25) is 0 Å². The van der Waals surface area contributed by atoms with Gasteiger partial charge in [-0.15, -0.1) is 0 Å². The van der Waals surface area contributed by atoms with Gasteiger partial charge in [-0.2, -0.15) is 5.26 Å². The van der Waals surface area contributed by atoms with Crippen LogP contribution in [0.25, 0.3) is 0 Å². The van der Waals surface area contributed by atoms with Crippen LogP contribution in [-0.4, -0.2) is 12.3 Å². The highest BCUT2D eigenvalue weighted by molar-refractivity contribution is 5.99. The summed E-state index contributed by atoms with van der Waals surface area (Å²) in [6, 6.07) is 14.3. The molecule has 0 unspecified atom stereocenters. The standard InChI is InChI=1S/C16H15N3O/c1-11-2-5-13(8-15(11)18)16(20)10-19-14-6-3-12(9-17)4-7-14/h2-8,19H,10,18H2,1H3. The van der Waals surface area contributed by atoms with Crippen molar-refractivity contribution >= 4 is 17.2 Å². The molecule has 100 valence electrons. The lowest BCUT2D eigenvalue weighted by Crippen LogP contribution is -2.14. The fourth-order valence-electron chi connectivity index (χ4n) is 1.76. The third kappa shape index (κ3) is 3.15. The molecule has 4 heteroatoms. The van der Waals surface area contributed by atoms with E-state index in [1.165, 1.54) is 0 Å². The van der Waals surface area contributed by atoms with Crippen LogP contribution < -0.4 is 11.1 Å². The molecule has 2 aromatic carbocycles. The third-order valence-corrected chi connectivity index (χ3v) is 3.07. The lowest BCUT2D eigenvalue weighted by Gasteiger charge is -2.07. The van der Waals surface area contributed by atoms with Crippen molar-refractivity contribution in [3.05, 3.63) is 59.2 Å².